The maximum Gasteiger partial charge on any atom is 0.145 e. The van der Waals surface area contributed by atoms with E-state index >= 15 is 0 Å². The highest BCUT2D eigenvalue weighted by molar-refractivity contribution is 9.10. The van der Waals surface area contributed by atoms with Gasteiger partial charge in [0.2, 0.25) is 0 Å². The normalized spacial score (nSPS) is 19.0. The Labute approximate surface area is 144 Å². The van der Waals surface area contributed by atoms with E-state index in [1.807, 2.05) is 37.4 Å². The van der Waals surface area contributed by atoms with E-state index in [1.165, 1.54) is 0 Å². The maximum absolute atomic E-state index is 11.7. The molecule has 0 amide bonds. The first-order valence-corrected chi connectivity index (χ1v) is 8.34. The van der Waals surface area contributed by atoms with Crippen molar-refractivity contribution in [2.75, 3.05) is 23.8 Å². The lowest BCUT2D eigenvalue weighted by molar-refractivity contribution is -0.111. The fraction of sp³-hybridized carbons (Fsp3) is 0.278. The van der Waals surface area contributed by atoms with Gasteiger partial charge < -0.3 is 20.1 Å². The van der Waals surface area contributed by atoms with Crippen molar-refractivity contribution >= 4 is 33.6 Å². The lowest BCUT2D eigenvalue weighted by atomic mass is 9.93. The number of hydrogen-bond donors (Lipinski definition) is 2. The number of anilines is 2. The lowest BCUT2D eigenvalue weighted by Crippen LogP contribution is -2.41. The lowest BCUT2D eigenvalue weighted by Gasteiger charge is -2.27. The highest BCUT2D eigenvalue weighted by atomic mass is 79.9. The van der Waals surface area contributed by atoms with Crippen LogP contribution in [0.3, 0.4) is 0 Å². The molecule has 120 valence electrons. The topological polar surface area (TPSA) is 52.6 Å². The molecule has 2 aromatic rings. The van der Waals surface area contributed by atoms with Crippen LogP contribution < -0.4 is 10.2 Å². The number of benzene rings is 2. The summed E-state index contributed by atoms with van der Waals surface area (Å²) in [5.74, 6) is 0.213. The molecule has 1 aliphatic rings. The average Bonchev–Trinajstić information content (AvgIpc) is 2.91. The van der Waals surface area contributed by atoms with Crippen LogP contribution in [0.2, 0.25) is 0 Å². The van der Waals surface area contributed by atoms with Crippen LogP contribution in [-0.4, -0.2) is 30.5 Å². The number of carbonyl (C=O) groups excluding carboxylic acids is 1. The van der Waals surface area contributed by atoms with Gasteiger partial charge in [0.05, 0.1) is 5.54 Å². The van der Waals surface area contributed by atoms with Crippen LogP contribution in [0.15, 0.2) is 46.9 Å². The fourth-order valence-corrected chi connectivity index (χ4v) is 3.22. The van der Waals surface area contributed by atoms with Gasteiger partial charge in [-0.25, -0.2) is 0 Å². The molecular weight excluding hydrogens is 356 g/mol. The van der Waals surface area contributed by atoms with Gasteiger partial charge in [-0.3, -0.25) is 0 Å². The summed E-state index contributed by atoms with van der Waals surface area (Å²) in [7, 11) is 2.02. The molecule has 0 fully saturated rings. The third-order valence-electron chi connectivity index (χ3n) is 4.37. The van der Waals surface area contributed by atoms with Crippen molar-refractivity contribution in [1.82, 2.24) is 0 Å². The summed E-state index contributed by atoms with van der Waals surface area (Å²) in [5, 5.41) is 12.9. The van der Waals surface area contributed by atoms with Gasteiger partial charge in [0.15, 0.2) is 0 Å². The monoisotopic (exact) mass is 374 g/mol. The second-order valence-corrected chi connectivity index (χ2v) is 6.98. The molecule has 2 N–H and O–H groups in total. The summed E-state index contributed by atoms with van der Waals surface area (Å²) in [6.45, 7) is 0.757. The Morgan fingerprint density at radius 3 is 2.74 bits per heavy atom. The number of aldehydes is 1. The van der Waals surface area contributed by atoms with Crippen LogP contribution in [0.1, 0.15) is 12.0 Å². The molecule has 4 nitrogen and oxygen atoms in total. The second kappa shape index (κ2) is 6.24. The SMILES string of the molecule is CN(CCC1(C=O)Cc2ccc(O)cc2N1)c1ccc(Br)cc1. The molecule has 3 rings (SSSR count). The van der Waals surface area contributed by atoms with E-state index in [9.17, 15) is 9.90 Å². The molecular formula is C18H19BrN2O2. The van der Waals surface area contributed by atoms with E-state index in [4.69, 9.17) is 0 Å². The van der Waals surface area contributed by atoms with Crippen molar-refractivity contribution in [2.45, 2.75) is 18.4 Å². The number of carbonyl (C=O) groups is 1. The molecule has 0 bridgehead atoms. The molecule has 2 aromatic carbocycles. The first-order chi connectivity index (χ1) is 11.0. The summed E-state index contributed by atoms with van der Waals surface area (Å²) in [6, 6.07) is 13.3. The zero-order valence-corrected chi connectivity index (χ0v) is 14.5. The predicted octanol–water partition coefficient (Wildman–Crippen LogP) is 3.59. The van der Waals surface area contributed by atoms with Gasteiger partial charge in [0.1, 0.15) is 12.0 Å². The number of phenolic OH excluding ortho intramolecular Hbond substituents is 1. The Bertz CT molecular complexity index is 717. The van der Waals surface area contributed by atoms with Crippen molar-refractivity contribution in [3.05, 3.63) is 52.5 Å². The number of halogens is 1. The van der Waals surface area contributed by atoms with Gasteiger partial charge in [-0.2, -0.15) is 0 Å². The predicted molar refractivity (Wildman–Crippen MR) is 96.3 cm³/mol. The molecule has 0 saturated carbocycles. The maximum atomic E-state index is 11.7. The minimum absolute atomic E-state index is 0.213. The fourth-order valence-electron chi connectivity index (χ4n) is 2.96. The first-order valence-electron chi connectivity index (χ1n) is 7.54. The summed E-state index contributed by atoms with van der Waals surface area (Å²) in [5.41, 5.74) is 2.44. The minimum atomic E-state index is -0.597. The molecule has 0 spiro atoms. The van der Waals surface area contributed by atoms with Crippen molar-refractivity contribution in [3.8, 4) is 5.75 Å². The van der Waals surface area contributed by atoms with E-state index < -0.39 is 5.54 Å². The quantitative estimate of drug-likeness (QED) is 0.785. The van der Waals surface area contributed by atoms with E-state index in [2.05, 4.69) is 26.1 Å². The number of aromatic hydroxyl groups is 1. The van der Waals surface area contributed by atoms with Crippen molar-refractivity contribution < 1.29 is 9.90 Å². The molecule has 1 heterocycles. The zero-order valence-electron chi connectivity index (χ0n) is 12.9. The van der Waals surface area contributed by atoms with Gasteiger partial charge in [-0.15, -0.1) is 0 Å². The summed E-state index contributed by atoms with van der Waals surface area (Å²) < 4.78 is 1.05. The molecule has 1 atom stereocenters. The third-order valence-corrected chi connectivity index (χ3v) is 4.90. The van der Waals surface area contributed by atoms with Gasteiger partial charge in [-0.05, 0) is 42.3 Å². The van der Waals surface area contributed by atoms with Crippen LogP contribution in [-0.2, 0) is 11.2 Å². The third kappa shape index (κ3) is 3.34. The Kier molecular flexibility index (Phi) is 4.31. The van der Waals surface area contributed by atoms with E-state index in [0.717, 1.165) is 34.2 Å². The highest BCUT2D eigenvalue weighted by Gasteiger charge is 2.36. The van der Waals surface area contributed by atoms with Gasteiger partial charge in [0, 0.05) is 41.9 Å². The minimum Gasteiger partial charge on any atom is -0.508 e. The standard InChI is InChI=1S/C18H19BrN2O2/c1-21(15-5-3-14(19)4-6-15)9-8-18(12-22)11-13-2-7-16(23)10-17(13)20-18/h2-7,10,12,20,23H,8-9,11H2,1H3. The van der Waals surface area contributed by atoms with Crippen LogP contribution in [0.25, 0.3) is 0 Å². The molecule has 0 saturated heterocycles. The smallest absolute Gasteiger partial charge is 0.145 e. The highest BCUT2D eigenvalue weighted by Crippen LogP contribution is 2.35. The molecule has 0 radical (unpaired) electrons. The molecule has 0 aliphatic carbocycles. The summed E-state index contributed by atoms with van der Waals surface area (Å²) in [6.07, 6.45) is 2.35. The average molecular weight is 375 g/mol. The van der Waals surface area contributed by atoms with Crippen molar-refractivity contribution in [1.29, 1.82) is 0 Å². The molecule has 5 heteroatoms. The number of nitrogens with zero attached hydrogens (tertiary/aromatic N) is 1. The number of phenols is 1. The summed E-state index contributed by atoms with van der Waals surface area (Å²) >= 11 is 3.43. The Morgan fingerprint density at radius 1 is 1.30 bits per heavy atom. The summed E-state index contributed by atoms with van der Waals surface area (Å²) in [4.78, 5) is 13.9. The molecule has 1 unspecified atom stereocenters. The molecule has 23 heavy (non-hydrogen) atoms. The second-order valence-electron chi connectivity index (χ2n) is 6.07. The van der Waals surface area contributed by atoms with Crippen LogP contribution in [0.5, 0.6) is 5.75 Å². The van der Waals surface area contributed by atoms with Gasteiger partial charge in [0.25, 0.3) is 0 Å². The number of hydrogen-bond acceptors (Lipinski definition) is 4. The zero-order chi connectivity index (χ0) is 16.4. The number of fused-ring (bicyclic) bond motifs is 1. The van der Waals surface area contributed by atoms with Gasteiger partial charge in [-0.1, -0.05) is 22.0 Å². The Morgan fingerprint density at radius 2 is 2.04 bits per heavy atom. The van der Waals surface area contributed by atoms with Gasteiger partial charge >= 0.3 is 0 Å². The number of nitrogens with one attached hydrogen (secondary N) is 1. The first kappa shape index (κ1) is 15.9. The van der Waals surface area contributed by atoms with Crippen molar-refractivity contribution in [2.24, 2.45) is 0 Å². The van der Waals surface area contributed by atoms with E-state index in [-0.39, 0.29) is 5.75 Å². The van der Waals surface area contributed by atoms with Crippen LogP contribution in [0.4, 0.5) is 11.4 Å². The number of rotatable bonds is 5. The Hall–Kier alpha value is -2.01. The van der Waals surface area contributed by atoms with Crippen LogP contribution in [0, 0.1) is 0 Å². The van der Waals surface area contributed by atoms with Crippen LogP contribution >= 0.6 is 15.9 Å². The molecule has 1 aliphatic heterocycles. The Balaban J connectivity index is 1.69. The largest absolute Gasteiger partial charge is 0.508 e. The van der Waals surface area contributed by atoms with E-state index in [0.29, 0.717) is 12.8 Å². The van der Waals surface area contributed by atoms with E-state index in [1.54, 1.807) is 12.1 Å². The molecule has 0 aromatic heterocycles. The van der Waals surface area contributed by atoms with Crippen molar-refractivity contribution in [3.63, 3.8) is 0 Å².